The summed E-state index contributed by atoms with van der Waals surface area (Å²) in [5.74, 6) is -0.808. The largest absolute Gasteiger partial charge is 0.391 e. The van der Waals surface area contributed by atoms with Gasteiger partial charge in [0, 0.05) is 26.6 Å². The van der Waals surface area contributed by atoms with E-state index in [1.54, 1.807) is 4.90 Å². The van der Waals surface area contributed by atoms with Crippen LogP contribution in [0, 0.1) is 5.41 Å². The van der Waals surface area contributed by atoms with Crippen LogP contribution < -0.4 is 5.73 Å². The van der Waals surface area contributed by atoms with E-state index in [2.05, 4.69) is 0 Å². The number of nitrogens with two attached hydrogens (primary N) is 1. The summed E-state index contributed by atoms with van der Waals surface area (Å²) in [5.41, 5.74) is 4.77. The Balaban J connectivity index is 2.02. The van der Waals surface area contributed by atoms with Crippen LogP contribution in [0.2, 0.25) is 0 Å². The van der Waals surface area contributed by atoms with Gasteiger partial charge in [0.2, 0.25) is 17.7 Å². The third-order valence-corrected chi connectivity index (χ3v) is 4.44. The summed E-state index contributed by atoms with van der Waals surface area (Å²) in [7, 11) is 0. The highest BCUT2D eigenvalue weighted by molar-refractivity contribution is 5.94. The summed E-state index contributed by atoms with van der Waals surface area (Å²) in [6.07, 6.45) is 0.228. The van der Waals surface area contributed by atoms with Crippen molar-refractivity contribution >= 4 is 17.7 Å². The van der Waals surface area contributed by atoms with Gasteiger partial charge >= 0.3 is 0 Å². The maximum absolute atomic E-state index is 12.4. The Bertz CT molecular complexity index is 441. The number of primary amides is 1. The Labute approximate surface area is 117 Å². The van der Waals surface area contributed by atoms with Crippen molar-refractivity contribution in [2.24, 2.45) is 11.1 Å². The van der Waals surface area contributed by atoms with E-state index in [1.165, 1.54) is 18.7 Å². The second-order valence-electron chi connectivity index (χ2n) is 5.81. The van der Waals surface area contributed by atoms with Crippen LogP contribution in [0.25, 0.3) is 0 Å². The number of piperidine rings is 1. The summed E-state index contributed by atoms with van der Waals surface area (Å²) in [6.45, 7) is 4.52. The molecule has 0 radical (unpaired) electrons. The topological polar surface area (TPSA) is 104 Å². The maximum atomic E-state index is 12.4. The van der Waals surface area contributed by atoms with Gasteiger partial charge in [-0.05, 0) is 19.8 Å². The average molecular weight is 283 g/mol. The summed E-state index contributed by atoms with van der Waals surface area (Å²) in [4.78, 5) is 38.1. The van der Waals surface area contributed by atoms with E-state index in [4.69, 9.17) is 5.73 Å². The molecule has 2 aliphatic heterocycles. The van der Waals surface area contributed by atoms with Crippen molar-refractivity contribution in [1.82, 2.24) is 9.80 Å². The van der Waals surface area contributed by atoms with Gasteiger partial charge in [0.05, 0.1) is 11.5 Å². The predicted octanol–water partition coefficient (Wildman–Crippen LogP) is -1.31. The molecule has 0 unspecified atom stereocenters. The molecule has 0 bridgehead atoms. The Morgan fingerprint density at radius 2 is 1.90 bits per heavy atom. The van der Waals surface area contributed by atoms with Crippen molar-refractivity contribution in [3.63, 3.8) is 0 Å². The highest BCUT2D eigenvalue weighted by Gasteiger charge is 2.56. The molecular weight excluding hydrogens is 262 g/mol. The maximum Gasteiger partial charge on any atom is 0.242 e. The van der Waals surface area contributed by atoms with E-state index >= 15 is 0 Å². The standard InChI is InChI=1S/C13H21N3O4/c1-8(17)10(11(14)19)16-7-13(12(16)20)3-5-15(6-4-13)9(2)18/h8,10,17H,3-7H2,1-2H3,(H2,14,19)/t8-,10+/m1/s1. The fourth-order valence-electron chi connectivity index (χ4n) is 3.18. The van der Waals surface area contributed by atoms with E-state index in [0.717, 1.165) is 0 Å². The quantitative estimate of drug-likeness (QED) is 0.628. The van der Waals surface area contributed by atoms with Crippen LogP contribution in [0.4, 0.5) is 0 Å². The summed E-state index contributed by atoms with van der Waals surface area (Å²) in [5, 5.41) is 9.59. The molecule has 20 heavy (non-hydrogen) atoms. The lowest BCUT2D eigenvalue weighted by atomic mass is 9.70. The van der Waals surface area contributed by atoms with Crippen molar-refractivity contribution in [3.8, 4) is 0 Å². The molecular formula is C13H21N3O4. The SMILES string of the molecule is CC(=O)N1CCC2(CC1)CN([C@H](C(N)=O)[C@@H](C)O)C2=O. The summed E-state index contributed by atoms with van der Waals surface area (Å²) in [6, 6.07) is -0.959. The number of hydrogen-bond donors (Lipinski definition) is 2. The molecule has 2 aliphatic rings. The number of carbonyl (C=O) groups is 3. The minimum atomic E-state index is -0.980. The number of nitrogens with zero attached hydrogens (tertiary/aromatic N) is 2. The smallest absolute Gasteiger partial charge is 0.242 e. The molecule has 112 valence electrons. The number of rotatable bonds is 3. The van der Waals surface area contributed by atoms with Crippen molar-refractivity contribution < 1.29 is 19.5 Å². The Hall–Kier alpha value is -1.63. The van der Waals surface area contributed by atoms with E-state index in [9.17, 15) is 19.5 Å². The van der Waals surface area contributed by atoms with Crippen molar-refractivity contribution in [2.75, 3.05) is 19.6 Å². The van der Waals surface area contributed by atoms with Gasteiger partial charge in [0.25, 0.3) is 0 Å². The van der Waals surface area contributed by atoms with Crippen LogP contribution in [0.5, 0.6) is 0 Å². The lowest BCUT2D eigenvalue weighted by molar-refractivity contribution is -0.177. The molecule has 0 saturated carbocycles. The third kappa shape index (κ3) is 2.26. The molecule has 3 amide bonds. The molecule has 0 aromatic carbocycles. The molecule has 2 saturated heterocycles. The molecule has 2 fully saturated rings. The van der Waals surface area contributed by atoms with Crippen molar-refractivity contribution in [2.45, 2.75) is 38.8 Å². The molecule has 2 atom stereocenters. The molecule has 0 aliphatic carbocycles. The van der Waals surface area contributed by atoms with Gasteiger partial charge in [-0.15, -0.1) is 0 Å². The Morgan fingerprint density at radius 3 is 2.25 bits per heavy atom. The normalized spacial score (nSPS) is 24.2. The molecule has 1 spiro atoms. The highest BCUT2D eigenvalue weighted by Crippen LogP contribution is 2.43. The highest BCUT2D eigenvalue weighted by atomic mass is 16.3. The van der Waals surface area contributed by atoms with Crippen LogP contribution in [0.15, 0.2) is 0 Å². The lowest BCUT2D eigenvalue weighted by Crippen LogP contribution is -2.70. The van der Waals surface area contributed by atoms with Crippen molar-refractivity contribution in [3.05, 3.63) is 0 Å². The minimum absolute atomic E-state index is 0.0162. The second-order valence-corrected chi connectivity index (χ2v) is 5.81. The number of aliphatic hydroxyl groups excluding tert-OH is 1. The molecule has 0 aromatic heterocycles. The number of likely N-dealkylation sites (tertiary alicyclic amines) is 2. The van der Waals surface area contributed by atoms with Crippen LogP contribution in [0.1, 0.15) is 26.7 Å². The van der Waals surface area contributed by atoms with Crippen LogP contribution in [0.3, 0.4) is 0 Å². The van der Waals surface area contributed by atoms with Gasteiger partial charge < -0.3 is 20.6 Å². The molecule has 2 rings (SSSR count). The number of aliphatic hydroxyl groups is 1. The number of hydrogen-bond acceptors (Lipinski definition) is 4. The first-order valence-electron chi connectivity index (χ1n) is 6.82. The second kappa shape index (κ2) is 5.05. The molecule has 0 aromatic rings. The molecule has 7 heteroatoms. The third-order valence-electron chi connectivity index (χ3n) is 4.44. The van der Waals surface area contributed by atoms with Gasteiger partial charge in [0.15, 0.2) is 0 Å². The Morgan fingerprint density at radius 1 is 1.35 bits per heavy atom. The van der Waals surface area contributed by atoms with Gasteiger partial charge in [-0.1, -0.05) is 0 Å². The lowest BCUT2D eigenvalue weighted by Gasteiger charge is -2.54. The van der Waals surface area contributed by atoms with E-state index in [1.807, 2.05) is 0 Å². The van der Waals surface area contributed by atoms with Crippen LogP contribution >= 0.6 is 0 Å². The molecule has 2 heterocycles. The zero-order valence-corrected chi connectivity index (χ0v) is 11.8. The van der Waals surface area contributed by atoms with E-state index < -0.39 is 23.5 Å². The van der Waals surface area contributed by atoms with Gasteiger partial charge in [0.1, 0.15) is 6.04 Å². The van der Waals surface area contributed by atoms with E-state index in [-0.39, 0.29) is 11.8 Å². The zero-order chi connectivity index (χ0) is 15.1. The summed E-state index contributed by atoms with van der Waals surface area (Å²) >= 11 is 0. The Kier molecular flexibility index (Phi) is 3.73. The molecule has 3 N–H and O–H groups in total. The van der Waals surface area contributed by atoms with Crippen LogP contribution in [-0.4, -0.2) is 64.4 Å². The van der Waals surface area contributed by atoms with Crippen LogP contribution in [-0.2, 0) is 14.4 Å². The van der Waals surface area contributed by atoms with E-state index in [0.29, 0.717) is 32.5 Å². The fourth-order valence-corrected chi connectivity index (χ4v) is 3.18. The number of carbonyl (C=O) groups excluding carboxylic acids is 3. The zero-order valence-electron chi connectivity index (χ0n) is 11.8. The summed E-state index contributed by atoms with van der Waals surface area (Å²) < 4.78 is 0. The first-order valence-corrected chi connectivity index (χ1v) is 6.82. The fraction of sp³-hybridized carbons (Fsp3) is 0.769. The van der Waals surface area contributed by atoms with Gasteiger partial charge in [-0.25, -0.2) is 0 Å². The van der Waals surface area contributed by atoms with Crippen molar-refractivity contribution in [1.29, 1.82) is 0 Å². The van der Waals surface area contributed by atoms with Gasteiger partial charge in [-0.3, -0.25) is 14.4 Å². The number of amides is 3. The first kappa shape index (κ1) is 14.8. The molecule has 7 nitrogen and oxygen atoms in total. The first-order chi connectivity index (χ1) is 9.28. The monoisotopic (exact) mass is 283 g/mol. The number of β-lactam (4-membered cyclic amide) rings is 1. The minimum Gasteiger partial charge on any atom is -0.391 e. The average Bonchev–Trinajstić information content (AvgIpc) is 2.37. The van der Waals surface area contributed by atoms with Gasteiger partial charge in [-0.2, -0.15) is 0 Å². The predicted molar refractivity (Wildman–Crippen MR) is 70.3 cm³/mol.